The number of anilines is 1. The van der Waals surface area contributed by atoms with Gasteiger partial charge in [-0.15, -0.1) is 0 Å². The number of hydrogen-bond donors (Lipinski definition) is 1. The van der Waals surface area contributed by atoms with Crippen LogP contribution >= 0.6 is 23.2 Å². The molecule has 0 bridgehead atoms. The zero-order valence-corrected chi connectivity index (χ0v) is 16.3. The second-order valence-electron chi connectivity index (χ2n) is 6.16. The number of hydrogen-bond acceptors (Lipinski definition) is 5. The second-order valence-corrected chi connectivity index (χ2v) is 6.91. The Hall–Kier alpha value is -2.97. The fourth-order valence-corrected chi connectivity index (χ4v) is 3.15. The van der Waals surface area contributed by atoms with Crippen LogP contribution in [0.1, 0.15) is 27.9 Å². The summed E-state index contributed by atoms with van der Waals surface area (Å²) < 4.78 is 0. The summed E-state index contributed by atoms with van der Waals surface area (Å²) in [7, 11) is 0. The number of nitrogens with zero attached hydrogens (tertiary/aromatic N) is 3. The predicted molar refractivity (Wildman–Crippen MR) is 106 cm³/mol. The first-order valence-electron chi connectivity index (χ1n) is 8.10. The molecule has 2 aromatic rings. The molecule has 1 N–H and O–H groups in total. The highest BCUT2D eigenvalue weighted by atomic mass is 35.5. The summed E-state index contributed by atoms with van der Waals surface area (Å²) in [4.78, 5) is 35.0. The monoisotopic (exact) mass is 420 g/mol. The van der Waals surface area contributed by atoms with Crippen LogP contribution in [-0.2, 0) is 4.79 Å². The fourth-order valence-electron chi connectivity index (χ4n) is 2.72. The van der Waals surface area contributed by atoms with Crippen molar-refractivity contribution < 1.29 is 14.5 Å². The molecule has 0 atom stereocenters. The van der Waals surface area contributed by atoms with Crippen molar-refractivity contribution in [1.29, 1.82) is 0 Å². The van der Waals surface area contributed by atoms with Crippen LogP contribution in [0.5, 0.6) is 0 Å². The van der Waals surface area contributed by atoms with Gasteiger partial charge in [0.2, 0.25) is 0 Å². The quantitative estimate of drug-likeness (QED) is 0.598. The van der Waals surface area contributed by atoms with Crippen LogP contribution in [0.3, 0.4) is 0 Å². The summed E-state index contributed by atoms with van der Waals surface area (Å²) in [5.74, 6) is -0.869. The van der Waals surface area contributed by atoms with Gasteiger partial charge in [-0.2, -0.15) is 10.1 Å². The van der Waals surface area contributed by atoms with Gasteiger partial charge < -0.3 is 5.32 Å². The minimum Gasteiger partial charge on any atom is -0.308 e. The van der Waals surface area contributed by atoms with Gasteiger partial charge in [0.05, 0.1) is 22.1 Å². The number of benzene rings is 2. The van der Waals surface area contributed by atoms with E-state index in [1.165, 1.54) is 18.2 Å². The zero-order valence-electron chi connectivity index (χ0n) is 14.8. The molecule has 2 aromatic carbocycles. The molecule has 0 unspecified atom stereocenters. The third-order valence-electron chi connectivity index (χ3n) is 4.16. The van der Waals surface area contributed by atoms with Gasteiger partial charge in [-0.05, 0) is 37.1 Å². The van der Waals surface area contributed by atoms with Crippen LogP contribution in [0, 0.1) is 24.0 Å². The van der Waals surface area contributed by atoms with Gasteiger partial charge >= 0.3 is 0 Å². The normalized spacial score (nSPS) is 13.5. The maximum Gasteiger partial charge on any atom is 0.270 e. The highest BCUT2D eigenvalue weighted by Crippen LogP contribution is 2.37. The van der Waals surface area contributed by atoms with E-state index in [2.05, 4.69) is 10.4 Å². The Morgan fingerprint density at radius 2 is 1.96 bits per heavy atom. The number of carbonyl (C=O) groups is 2. The average molecular weight is 421 g/mol. The van der Waals surface area contributed by atoms with Gasteiger partial charge in [0.15, 0.2) is 0 Å². The van der Waals surface area contributed by atoms with Crippen LogP contribution in [0.4, 0.5) is 11.4 Å². The van der Waals surface area contributed by atoms with Gasteiger partial charge in [0.1, 0.15) is 5.84 Å². The van der Waals surface area contributed by atoms with E-state index < -0.39 is 10.8 Å². The Labute approximate surface area is 169 Å². The largest absolute Gasteiger partial charge is 0.308 e. The zero-order chi connectivity index (χ0) is 20.6. The fraction of sp³-hybridized carbons (Fsp3) is 0.167. The Balaban J connectivity index is 1.86. The lowest BCUT2D eigenvalue weighted by molar-refractivity contribution is -0.384. The summed E-state index contributed by atoms with van der Waals surface area (Å²) in [6, 6.07) is 6.90. The lowest BCUT2D eigenvalue weighted by Crippen LogP contribution is -2.29. The van der Waals surface area contributed by atoms with Crippen molar-refractivity contribution in [2.24, 2.45) is 5.10 Å². The Morgan fingerprint density at radius 3 is 2.64 bits per heavy atom. The summed E-state index contributed by atoms with van der Waals surface area (Å²) in [5.41, 5.74) is 1.59. The van der Waals surface area contributed by atoms with Crippen molar-refractivity contribution in [2.45, 2.75) is 20.3 Å². The molecule has 0 saturated heterocycles. The van der Waals surface area contributed by atoms with E-state index in [-0.39, 0.29) is 29.4 Å². The molecule has 0 radical (unpaired) electrons. The number of hydrazone groups is 1. The first-order chi connectivity index (χ1) is 13.2. The SMILES string of the molecule is Cc1cc(N2N=C(NC(=O)c3cccc([N+](=O)[O-])c3)CC2=O)c(Cl)c(C)c1Cl. The lowest BCUT2D eigenvalue weighted by Gasteiger charge is -2.17. The summed E-state index contributed by atoms with van der Waals surface area (Å²) >= 11 is 12.5. The van der Waals surface area contributed by atoms with Gasteiger partial charge in [0, 0.05) is 22.7 Å². The number of halogens is 2. The molecule has 0 saturated carbocycles. The molecule has 3 rings (SSSR count). The van der Waals surface area contributed by atoms with E-state index in [4.69, 9.17) is 23.2 Å². The maximum atomic E-state index is 12.4. The molecule has 1 aliphatic heterocycles. The van der Waals surface area contributed by atoms with Crippen LogP contribution in [-0.4, -0.2) is 22.6 Å². The van der Waals surface area contributed by atoms with E-state index >= 15 is 0 Å². The van der Waals surface area contributed by atoms with Gasteiger partial charge in [-0.3, -0.25) is 19.7 Å². The van der Waals surface area contributed by atoms with Crippen molar-refractivity contribution in [2.75, 3.05) is 5.01 Å². The standard InChI is InChI=1S/C18H14Cl2N4O4/c1-9-6-13(17(20)10(2)16(9)19)23-15(25)8-14(22-23)21-18(26)11-4-3-5-12(7-11)24(27)28/h3-7H,8H2,1-2H3,(H,21,22,26). The average Bonchev–Trinajstić information content (AvgIpc) is 3.02. The molecule has 0 aromatic heterocycles. The number of nitro benzene ring substituents is 1. The molecule has 0 aliphatic carbocycles. The molecule has 0 fully saturated rings. The molecule has 1 heterocycles. The molecule has 1 aliphatic rings. The predicted octanol–water partition coefficient (Wildman–Crippen LogP) is 4.00. The van der Waals surface area contributed by atoms with Crippen molar-refractivity contribution >= 4 is 52.2 Å². The molecule has 10 heteroatoms. The van der Waals surface area contributed by atoms with Crippen molar-refractivity contribution in [1.82, 2.24) is 5.32 Å². The molecule has 144 valence electrons. The third-order valence-corrected chi connectivity index (χ3v) is 5.22. The number of nitro groups is 1. The number of non-ortho nitro benzene ring substituents is 1. The number of aryl methyl sites for hydroxylation is 1. The van der Waals surface area contributed by atoms with Gasteiger partial charge in [-0.25, -0.2) is 0 Å². The number of amidine groups is 1. The van der Waals surface area contributed by atoms with Crippen molar-refractivity contribution in [3.63, 3.8) is 0 Å². The van der Waals surface area contributed by atoms with E-state index in [9.17, 15) is 19.7 Å². The van der Waals surface area contributed by atoms with Crippen LogP contribution in [0.25, 0.3) is 0 Å². The first kappa shape index (κ1) is 19.8. The minimum atomic E-state index is -0.605. The van der Waals surface area contributed by atoms with Crippen LogP contribution in [0.15, 0.2) is 35.4 Å². The Kier molecular flexibility index (Phi) is 5.35. The minimum absolute atomic E-state index is 0.0824. The van der Waals surface area contributed by atoms with Gasteiger partial charge in [0.25, 0.3) is 17.5 Å². The number of nitrogens with one attached hydrogen (secondary N) is 1. The van der Waals surface area contributed by atoms with E-state index in [1.807, 2.05) is 0 Å². The van der Waals surface area contributed by atoms with Crippen molar-refractivity contribution in [3.8, 4) is 0 Å². The van der Waals surface area contributed by atoms with E-state index in [0.29, 0.717) is 21.3 Å². The second kappa shape index (κ2) is 7.57. The smallest absolute Gasteiger partial charge is 0.270 e. The Morgan fingerprint density at radius 1 is 1.25 bits per heavy atom. The van der Waals surface area contributed by atoms with Crippen LogP contribution < -0.4 is 10.3 Å². The van der Waals surface area contributed by atoms with Gasteiger partial charge in [-0.1, -0.05) is 29.3 Å². The topological polar surface area (TPSA) is 105 Å². The lowest BCUT2D eigenvalue weighted by atomic mass is 10.1. The summed E-state index contributed by atoms with van der Waals surface area (Å²) in [6.45, 7) is 3.51. The number of amides is 2. The Bertz CT molecular complexity index is 1050. The summed E-state index contributed by atoms with van der Waals surface area (Å²) in [5, 5.41) is 19.4. The molecule has 2 amide bonds. The highest BCUT2D eigenvalue weighted by Gasteiger charge is 2.29. The van der Waals surface area contributed by atoms with E-state index in [0.717, 1.165) is 16.6 Å². The van der Waals surface area contributed by atoms with Crippen LogP contribution in [0.2, 0.25) is 10.0 Å². The third kappa shape index (κ3) is 3.69. The molecule has 8 nitrogen and oxygen atoms in total. The maximum absolute atomic E-state index is 12.4. The number of carbonyl (C=O) groups excluding carboxylic acids is 2. The highest BCUT2D eigenvalue weighted by molar-refractivity contribution is 6.38. The molecular weight excluding hydrogens is 407 g/mol. The first-order valence-corrected chi connectivity index (χ1v) is 8.86. The van der Waals surface area contributed by atoms with E-state index in [1.54, 1.807) is 19.9 Å². The molecule has 0 spiro atoms. The summed E-state index contributed by atoms with van der Waals surface area (Å²) in [6.07, 6.45) is -0.141. The number of rotatable bonds is 3. The molecule has 28 heavy (non-hydrogen) atoms. The molecular formula is C18H14Cl2N4O4. The van der Waals surface area contributed by atoms with Crippen molar-refractivity contribution in [3.05, 3.63) is 67.2 Å².